The molecule has 0 amide bonds. The minimum Gasteiger partial charge on any atom is -0.487 e. The summed E-state index contributed by atoms with van der Waals surface area (Å²) in [5.74, 6) is -0.118. The predicted octanol–water partition coefficient (Wildman–Crippen LogP) is 4.82. The van der Waals surface area contributed by atoms with Gasteiger partial charge in [-0.3, -0.25) is 4.31 Å². The number of thiazole rings is 1. The lowest BCUT2D eigenvalue weighted by molar-refractivity contribution is 0.0697. The number of aromatic carboxylic acids is 1. The summed E-state index contributed by atoms with van der Waals surface area (Å²) < 4.78 is 35.2. The molecule has 2 aromatic carbocycles. The maximum absolute atomic E-state index is 13.7. The summed E-state index contributed by atoms with van der Waals surface area (Å²) in [5.41, 5.74) is 4.62. The Kier molecular flexibility index (Phi) is 6.07. The largest absolute Gasteiger partial charge is 0.487 e. The lowest BCUT2D eigenvalue weighted by Gasteiger charge is -2.26. The van der Waals surface area contributed by atoms with Crippen LogP contribution in [0, 0.1) is 12.8 Å². The van der Waals surface area contributed by atoms with E-state index in [2.05, 4.69) is 4.98 Å². The van der Waals surface area contributed by atoms with Gasteiger partial charge in [0, 0.05) is 17.6 Å². The highest BCUT2D eigenvalue weighted by Crippen LogP contribution is 2.41. The van der Waals surface area contributed by atoms with Crippen LogP contribution >= 0.6 is 11.3 Å². The van der Waals surface area contributed by atoms with E-state index in [1.54, 1.807) is 36.6 Å². The average Bonchev–Trinajstić information content (AvgIpc) is 3.33. The van der Waals surface area contributed by atoms with Crippen molar-refractivity contribution in [2.24, 2.45) is 5.92 Å². The first-order valence-corrected chi connectivity index (χ1v) is 13.7. The third-order valence-corrected chi connectivity index (χ3v) is 9.40. The molecular weight excluding hydrogens is 472 g/mol. The second-order valence-corrected chi connectivity index (χ2v) is 11.9. The predicted molar refractivity (Wildman–Crippen MR) is 130 cm³/mol. The Labute approximate surface area is 203 Å². The molecule has 2 aliphatic carbocycles. The summed E-state index contributed by atoms with van der Waals surface area (Å²) >= 11 is 1.14. The number of rotatable bonds is 9. The molecule has 178 valence electrons. The maximum Gasteiger partial charge on any atom is 0.335 e. The number of fused-ring (bicyclic) bond motifs is 1. The van der Waals surface area contributed by atoms with E-state index in [1.165, 1.54) is 15.4 Å². The maximum atomic E-state index is 13.7. The van der Waals surface area contributed by atoms with E-state index in [1.807, 2.05) is 12.1 Å². The van der Waals surface area contributed by atoms with Crippen molar-refractivity contribution in [1.29, 1.82) is 0 Å². The zero-order chi connectivity index (χ0) is 23.9. The van der Waals surface area contributed by atoms with Gasteiger partial charge >= 0.3 is 5.97 Å². The van der Waals surface area contributed by atoms with E-state index in [-0.39, 0.29) is 16.5 Å². The molecule has 1 fully saturated rings. The number of hydrogen-bond acceptors (Lipinski definition) is 6. The molecule has 34 heavy (non-hydrogen) atoms. The highest BCUT2D eigenvalue weighted by atomic mass is 32.2. The zero-order valence-electron chi connectivity index (χ0n) is 18.9. The Morgan fingerprint density at radius 1 is 1.18 bits per heavy atom. The smallest absolute Gasteiger partial charge is 0.335 e. The monoisotopic (exact) mass is 498 g/mol. The second kappa shape index (κ2) is 9.03. The van der Waals surface area contributed by atoms with Crippen molar-refractivity contribution >= 4 is 33.0 Å². The third kappa shape index (κ3) is 4.67. The van der Waals surface area contributed by atoms with E-state index in [0.29, 0.717) is 29.6 Å². The fraction of sp³-hybridized carbons (Fsp3) is 0.360. The normalized spacial score (nSPS) is 15.2. The van der Waals surface area contributed by atoms with Crippen LogP contribution in [0.3, 0.4) is 0 Å². The van der Waals surface area contributed by atoms with Gasteiger partial charge in [-0.15, -0.1) is 11.3 Å². The molecule has 9 heteroatoms. The van der Waals surface area contributed by atoms with E-state index in [9.17, 15) is 13.2 Å². The van der Waals surface area contributed by atoms with Crippen LogP contribution in [0.15, 0.2) is 46.1 Å². The lowest BCUT2D eigenvalue weighted by Crippen LogP contribution is -2.33. The molecule has 1 heterocycles. The molecule has 0 saturated heterocycles. The summed E-state index contributed by atoms with van der Waals surface area (Å²) in [6, 6.07) is 10.5. The Bertz CT molecular complexity index is 1330. The SMILES string of the molecule is Cc1csc(S(=O)(=O)N(CC2CC2)c2cc3c(cc2OCc2ccc(C(=O)O)cc2)CCC3)n1. The van der Waals surface area contributed by atoms with Gasteiger partial charge < -0.3 is 9.84 Å². The van der Waals surface area contributed by atoms with Crippen molar-refractivity contribution in [2.75, 3.05) is 10.8 Å². The molecule has 7 nitrogen and oxygen atoms in total. The highest BCUT2D eigenvalue weighted by molar-refractivity contribution is 7.94. The van der Waals surface area contributed by atoms with Crippen LogP contribution in [0.25, 0.3) is 0 Å². The molecular formula is C25H26N2O5S2. The average molecular weight is 499 g/mol. The van der Waals surface area contributed by atoms with Crippen LogP contribution in [0.5, 0.6) is 5.75 Å². The van der Waals surface area contributed by atoms with E-state index >= 15 is 0 Å². The Balaban J connectivity index is 1.51. The minimum atomic E-state index is -3.83. The summed E-state index contributed by atoms with van der Waals surface area (Å²) in [4.78, 5) is 15.4. The molecule has 0 unspecified atom stereocenters. The second-order valence-electron chi connectivity index (χ2n) is 8.97. The molecule has 0 bridgehead atoms. The van der Waals surface area contributed by atoms with Gasteiger partial charge in [0.15, 0.2) is 0 Å². The van der Waals surface area contributed by atoms with Crippen LogP contribution in [0.1, 0.15) is 52.0 Å². The molecule has 1 aromatic heterocycles. The molecule has 0 aliphatic heterocycles. The van der Waals surface area contributed by atoms with Crippen LogP contribution in [-0.4, -0.2) is 31.0 Å². The van der Waals surface area contributed by atoms with Crippen molar-refractivity contribution < 1.29 is 23.1 Å². The molecule has 1 N–H and O–H groups in total. The number of anilines is 1. The van der Waals surface area contributed by atoms with Crippen molar-refractivity contribution in [3.63, 3.8) is 0 Å². The fourth-order valence-corrected chi connectivity index (χ4v) is 6.89. The number of carboxylic acid groups (broad SMARTS) is 1. The van der Waals surface area contributed by atoms with E-state index in [4.69, 9.17) is 9.84 Å². The summed E-state index contributed by atoms with van der Waals surface area (Å²) in [6.07, 6.45) is 4.93. The number of sulfonamides is 1. The van der Waals surface area contributed by atoms with Crippen molar-refractivity contribution in [2.45, 2.75) is 50.0 Å². The Morgan fingerprint density at radius 2 is 1.88 bits per heavy atom. The number of carbonyl (C=O) groups is 1. The number of aromatic nitrogens is 1. The van der Waals surface area contributed by atoms with Crippen LogP contribution in [0.4, 0.5) is 5.69 Å². The minimum absolute atomic E-state index is 0.0985. The van der Waals surface area contributed by atoms with Crippen molar-refractivity contribution in [1.82, 2.24) is 4.98 Å². The van der Waals surface area contributed by atoms with Crippen LogP contribution < -0.4 is 9.04 Å². The first-order valence-electron chi connectivity index (χ1n) is 11.4. The zero-order valence-corrected chi connectivity index (χ0v) is 20.5. The molecule has 0 spiro atoms. The number of ether oxygens (including phenoxy) is 1. The fourth-order valence-electron chi connectivity index (χ4n) is 4.21. The molecule has 0 radical (unpaired) electrons. The molecule has 3 aromatic rings. The number of aryl methyl sites for hydroxylation is 3. The Morgan fingerprint density at radius 3 is 2.50 bits per heavy atom. The number of nitrogens with zero attached hydrogens (tertiary/aromatic N) is 2. The van der Waals surface area contributed by atoms with E-state index < -0.39 is 16.0 Å². The van der Waals surface area contributed by atoms with Crippen LogP contribution in [-0.2, 0) is 29.5 Å². The van der Waals surface area contributed by atoms with Crippen LogP contribution in [0.2, 0.25) is 0 Å². The van der Waals surface area contributed by atoms with Gasteiger partial charge in [0.25, 0.3) is 10.0 Å². The van der Waals surface area contributed by atoms with Crippen molar-refractivity contribution in [3.8, 4) is 5.75 Å². The van der Waals surface area contributed by atoms with Crippen molar-refractivity contribution in [3.05, 3.63) is 69.7 Å². The molecule has 0 atom stereocenters. The van der Waals surface area contributed by atoms with Gasteiger partial charge in [-0.2, -0.15) is 8.42 Å². The number of benzene rings is 2. The van der Waals surface area contributed by atoms with Gasteiger partial charge in [-0.1, -0.05) is 12.1 Å². The van der Waals surface area contributed by atoms with Gasteiger partial charge in [0.05, 0.1) is 11.3 Å². The summed E-state index contributed by atoms with van der Waals surface area (Å²) in [6.45, 7) is 2.41. The summed E-state index contributed by atoms with van der Waals surface area (Å²) in [5, 5.41) is 10.9. The Hall–Kier alpha value is -2.91. The number of carboxylic acids is 1. The van der Waals surface area contributed by atoms with Gasteiger partial charge in [-0.05, 0) is 85.9 Å². The third-order valence-electron chi connectivity index (χ3n) is 6.27. The molecule has 2 aliphatic rings. The molecule has 5 rings (SSSR count). The highest BCUT2D eigenvalue weighted by Gasteiger charge is 2.36. The first-order chi connectivity index (χ1) is 16.3. The molecule has 1 saturated carbocycles. The van der Waals surface area contributed by atoms with Gasteiger partial charge in [-0.25, -0.2) is 9.78 Å². The lowest BCUT2D eigenvalue weighted by atomic mass is 10.1. The standard InChI is InChI=1S/C25H26N2O5S2/c1-16-15-33-25(26-16)34(30,31)27(13-17-5-6-17)22-11-20-3-2-4-21(20)12-23(22)32-14-18-7-9-19(10-8-18)24(28)29/h7-12,15,17H,2-6,13-14H2,1H3,(H,28,29). The van der Waals surface area contributed by atoms with E-state index in [0.717, 1.165) is 49.0 Å². The van der Waals surface area contributed by atoms with Gasteiger partial charge in [0.2, 0.25) is 4.34 Å². The quantitative estimate of drug-likeness (QED) is 0.454. The first kappa shape index (κ1) is 22.9. The topological polar surface area (TPSA) is 96.8 Å². The number of hydrogen-bond donors (Lipinski definition) is 1. The summed E-state index contributed by atoms with van der Waals surface area (Å²) in [7, 11) is -3.83. The van der Waals surface area contributed by atoms with Gasteiger partial charge in [0.1, 0.15) is 12.4 Å².